The molecule has 3 N–H and O–H groups in total. The minimum Gasteiger partial charge on any atom is -0.564 e. The molecular formula is CH4N2S. The van der Waals surface area contributed by atoms with E-state index in [1.165, 1.54) is 6.34 Å². The number of nitrogens with two attached hydrogens (primary N) is 1. The first-order valence-electron chi connectivity index (χ1n) is 0.826. The van der Waals surface area contributed by atoms with Crippen molar-refractivity contribution in [3.63, 3.8) is 0 Å². The van der Waals surface area contributed by atoms with Crippen LogP contribution in [0.5, 0.6) is 0 Å². The Bertz CT molecular complexity index is 21.2. The highest BCUT2D eigenvalue weighted by molar-refractivity contribution is 7.50. The number of nitrogens with one attached hydrogen (secondary N) is 1. The van der Waals surface area contributed by atoms with Crippen molar-refractivity contribution in [3.05, 3.63) is 0 Å². The molecule has 4 heavy (non-hydrogen) atoms. The quantitative estimate of drug-likeness (QED) is 0.190. The summed E-state index contributed by atoms with van der Waals surface area (Å²) in [6.45, 7) is 0. The van der Waals surface area contributed by atoms with Crippen LogP contribution >= 0.6 is 0 Å². The van der Waals surface area contributed by atoms with E-state index in [0.717, 1.165) is 0 Å². The lowest BCUT2D eigenvalue weighted by Crippen LogP contribution is -2.62. The summed E-state index contributed by atoms with van der Waals surface area (Å²) in [7, 11) is 0. The van der Waals surface area contributed by atoms with Gasteiger partial charge in [0.1, 0.15) is 0 Å². The van der Waals surface area contributed by atoms with Crippen molar-refractivity contribution < 1.29 is 4.40 Å². The fraction of sp³-hybridized carbons (Fsp3) is 0. The molecule has 0 bridgehead atoms. The predicted molar refractivity (Wildman–Crippen MR) is 18.6 cm³/mol. The van der Waals surface area contributed by atoms with Crippen molar-refractivity contribution in [1.29, 1.82) is 0 Å². The lowest BCUT2D eigenvalue weighted by Gasteiger charge is -1.69. The molecule has 0 rings (SSSR count). The molecule has 0 atom stereocenters. The highest BCUT2D eigenvalue weighted by Crippen LogP contribution is 0.706. The third kappa shape index (κ3) is 1.69. The molecule has 0 saturated heterocycles. The number of rotatable bonds is 0. The fourth-order valence-corrected chi connectivity index (χ4v) is 0. The first-order valence-corrected chi connectivity index (χ1v) is 1.23. The Hall–Kier alpha value is -0.310. The summed E-state index contributed by atoms with van der Waals surface area (Å²) in [6, 6.07) is 0. The highest BCUT2D eigenvalue weighted by Gasteiger charge is 1.29. The Kier molecular flexibility index (Phi) is 2.48. The van der Waals surface area contributed by atoms with Crippen LogP contribution < -0.4 is 10.1 Å². The van der Waals surface area contributed by atoms with E-state index in [4.69, 9.17) is 0 Å². The fourth-order valence-electron chi connectivity index (χ4n) is 0. The summed E-state index contributed by atoms with van der Waals surface area (Å²) in [5.74, 6) is 0. The van der Waals surface area contributed by atoms with Crippen LogP contribution in [0.15, 0.2) is 0 Å². The van der Waals surface area contributed by atoms with E-state index in [-0.39, 0.29) is 0 Å². The SMILES string of the molecule is NC=[NH+][S-]. The zero-order valence-electron chi connectivity index (χ0n) is 2.06. The Morgan fingerprint density at radius 3 is 2.25 bits per heavy atom. The summed E-state index contributed by atoms with van der Waals surface area (Å²) in [5.41, 5.74) is 4.69. The van der Waals surface area contributed by atoms with Crippen molar-refractivity contribution in [3.8, 4) is 0 Å². The molecule has 0 amide bonds. The maximum atomic E-state index is 4.69. The van der Waals surface area contributed by atoms with Crippen LogP contribution in [0.25, 0.3) is 0 Å². The lowest BCUT2D eigenvalue weighted by molar-refractivity contribution is -0.235. The van der Waals surface area contributed by atoms with Crippen LogP contribution in [0, 0.1) is 0 Å². The van der Waals surface area contributed by atoms with E-state index in [2.05, 4.69) is 22.9 Å². The van der Waals surface area contributed by atoms with E-state index in [9.17, 15) is 0 Å². The summed E-state index contributed by atoms with van der Waals surface area (Å²) in [4.78, 5) is 0. The molecule has 2 nitrogen and oxygen atoms in total. The van der Waals surface area contributed by atoms with Gasteiger partial charge < -0.3 is 17.2 Å². The minimum atomic E-state index is 1.19. The van der Waals surface area contributed by atoms with E-state index < -0.39 is 0 Å². The van der Waals surface area contributed by atoms with Gasteiger partial charge in [0.25, 0.3) is 0 Å². The van der Waals surface area contributed by atoms with E-state index in [1.54, 1.807) is 0 Å². The number of hydrogen-bond acceptors (Lipinski definition) is 1. The summed E-state index contributed by atoms with van der Waals surface area (Å²) >= 11 is 4.12. The highest BCUT2D eigenvalue weighted by atomic mass is 32.1. The van der Waals surface area contributed by atoms with Gasteiger partial charge in [0.05, 0.1) is 0 Å². The zero-order valence-corrected chi connectivity index (χ0v) is 2.88. The number of hydrogen-bond donors (Lipinski definition) is 2. The second kappa shape index (κ2) is 2.69. The monoisotopic (exact) mass is 76.0 g/mol. The summed E-state index contributed by atoms with van der Waals surface area (Å²) in [5, 5.41) is 0. The van der Waals surface area contributed by atoms with Crippen LogP contribution in [0.3, 0.4) is 0 Å². The maximum Gasteiger partial charge on any atom is 0.210 e. The van der Waals surface area contributed by atoms with Gasteiger partial charge in [0.2, 0.25) is 6.34 Å². The lowest BCUT2D eigenvalue weighted by atomic mass is 11.4. The molecular weight excluding hydrogens is 72.1 g/mol. The van der Waals surface area contributed by atoms with Crippen molar-refractivity contribution >= 4 is 19.2 Å². The van der Waals surface area contributed by atoms with E-state index >= 15 is 0 Å². The first kappa shape index (κ1) is 3.69. The van der Waals surface area contributed by atoms with Gasteiger partial charge in [-0.15, -0.1) is 0 Å². The molecule has 0 aromatic rings. The predicted octanol–water partition coefficient (Wildman–Crippen LogP) is -2.48. The van der Waals surface area contributed by atoms with Gasteiger partial charge in [-0.3, -0.25) is 5.73 Å². The van der Waals surface area contributed by atoms with Crippen molar-refractivity contribution in [1.82, 2.24) is 0 Å². The van der Waals surface area contributed by atoms with Gasteiger partial charge in [-0.25, -0.2) is 0 Å². The third-order valence-electron chi connectivity index (χ3n) is 0.0680. The first-order chi connectivity index (χ1) is 1.91. The molecule has 3 heteroatoms. The second-order valence-electron chi connectivity index (χ2n) is 0.285. The van der Waals surface area contributed by atoms with Gasteiger partial charge in [0, 0.05) is 0 Å². The van der Waals surface area contributed by atoms with E-state index in [1.807, 2.05) is 0 Å². The summed E-state index contributed by atoms with van der Waals surface area (Å²) < 4.78 is 2.17. The van der Waals surface area contributed by atoms with Crippen LogP contribution in [0.2, 0.25) is 0 Å². The van der Waals surface area contributed by atoms with Gasteiger partial charge >= 0.3 is 0 Å². The van der Waals surface area contributed by atoms with Gasteiger partial charge in [-0.1, -0.05) is 0 Å². The van der Waals surface area contributed by atoms with E-state index in [0.29, 0.717) is 0 Å². The normalized spacial score (nSPS) is 9.00. The molecule has 0 saturated carbocycles. The molecule has 0 aliphatic heterocycles. The maximum absolute atomic E-state index is 4.69. The van der Waals surface area contributed by atoms with Crippen molar-refractivity contribution in [2.45, 2.75) is 0 Å². The topological polar surface area (TPSA) is 40.0 Å². The van der Waals surface area contributed by atoms with Gasteiger partial charge in [-0.05, 0) is 0 Å². The molecule has 0 aromatic carbocycles. The summed E-state index contributed by atoms with van der Waals surface area (Å²) in [6.07, 6.45) is 1.19. The van der Waals surface area contributed by atoms with Crippen LogP contribution in [0.1, 0.15) is 0 Å². The molecule has 24 valence electrons. The molecule has 0 aliphatic rings. The average Bonchev–Trinajstić information content (AvgIpc) is 1.37. The van der Waals surface area contributed by atoms with Crippen molar-refractivity contribution in [2.75, 3.05) is 0 Å². The average molecular weight is 76.1 g/mol. The molecule has 0 fully saturated rings. The Morgan fingerprint density at radius 2 is 2.25 bits per heavy atom. The van der Waals surface area contributed by atoms with Crippen LogP contribution in [0.4, 0.5) is 0 Å². The molecule has 0 heterocycles. The Labute approximate surface area is 30.3 Å². The molecule has 0 spiro atoms. The molecule has 0 aliphatic carbocycles. The second-order valence-corrected chi connectivity index (χ2v) is 0.520. The standard InChI is InChI=1S/CH4N2S/c2-1-3-4/h1,3H,2H2. The van der Waals surface area contributed by atoms with Crippen molar-refractivity contribution in [2.24, 2.45) is 5.73 Å². The molecule has 0 radical (unpaired) electrons. The molecule has 0 aromatic heterocycles. The Balaban J connectivity index is 2.55. The van der Waals surface area contributed by atoms with Gasteiger partial charge in [0.15, 0.2) is 0 Å². The van der Waals surface area contributed by atoms with Crippen LogP contribution in [-0.2, 0) is 12.8 Å². The largest absolute Gasteiger partial charge is 0.564 e. The zero-order chi connectivity index (χ0) is 3.41. The smallest absolute Gasteiger partial charge is 0.210 e. The Morgan fingerprint density at radius 1 is 2.00 bits per heavy atom. The molecule has 0 unspecified atom stereocenters. The van der Waals surface area contributed by atoms with Gasteiger partial charge in [-0.2, -0.15) is 0 Å². The van der Waals surface area contributed by atoms with Crippen LogP contribution in [-0.4, -0.2) is 6.34 Å². The third-order valence-corrected chi connectivity index (χ3v) is 0.204. The minimum absolute atomic E-state index is 1.19.